The van der Waals surface area contributed by atoms with Crippen molar-refractivity contribution < 1.29 is 9.47 Å². The molecule has 1 heterocycles. The van der Waals surface area contributed by atoms with Gasteiger partial charge in [-0.15, -0.1) is 0 Å². The Morgan fingerprint density at radius 1 is 1.38 bits per heavy atom. The van der Waals surface area contributed by atoms with Crippen molar-refractivity contribution >= 4 is 23.3 Å². The van der Waals surface area contributed by atoms with Crippen LogP contribution >= 0.6 is 12.2 Å². The third-order valence-corrected chi connectivity index (χ3v) is 2.82. The fourth-order valence-corrected chi connectivity index (χ4v) is 1.96. The van der Waals surface area contributed by atoms with Crippen molar-refractivity contribution in [1.29, 1.82) is 0 Å². The minimum atomic E-state index is 0.637. The summed E-state index contributed by atoms with van der Waals surface area (Å²) in [5.41, 5.74) is 2.06. The Hall–Kier alpha value is -1.33. The lowest BCUT2D eigenvalue weighted by molar-refractivity contribution is 0.188. The number of hydrogen-bond donors (Lipinski definition) is 1. The Morgan fingerprint density at radius 3 is 2.88 bits per heavy atom. The molecule has 86 valence electrons. The van der Waals surface area contributed by atoms with Gasteiger partial charge >= 0.3 is 0 Å². The summed E-state index contributed by atoms with van der Waals surface area (Å²) in [4.78, 5) is 3.15. The molecule has 1 aromatic heterocycles. The Labute approximate surface area is 98.8 Å². The van der Waals surface area contributed by atoms with E-state index in [-0.39, 0.29) is 0 Å². The summed E-state index contributed by atoms with van der Waals surface area (Å²) >= 11 is 5.26. The lowest BCUT2D eigenvalue weighted by Gasteiger charge is -2.04. The van der Waals surface area contributed by atoms with Gasteiger partial charge < -0.3 is 19.0 Å². The van der Waals surface area contributed by atoms with Gasteiger partial charge in [0.05, 0.1) is 24.8 Å². The van der Waals surface area contributed by atoms with E-state index in [1.807, 2.05) is 22.8 Å². The molecule has 0 fully saturated rings. The molecule has 0 spiro atoms. The molecule has 2 rings (SSSR count). The van der Waals surface area contributed by atoms with E-state index in [2.05, 4.69) is 4.98 Å². The first-order valence-electron chi connectivity index (χ1n) is 5.01. The van der Waals surface area contributed by atoms with Gasteiger partial charge in [-0.3, -0.25) is 0 Å². The van der Waals surface area contributed by atoms with Gasteiger partial charge in [-0.2, -0.15) is 0 Å². The van der Waals surface area contributed by atoms with Crippen LogP contribution in [-0.4, -0.2) is 30.4 Å². The largest absolute Gasteiger partial charge is 0.497 e. The van der Waals surface area contributed by atoms with Crippen LogP contribution in [0.4, 0.5) is 0 Å². The summed E-state index contributed by atoms with van der Waals surface area (Å²) in [5.74, 6) is 0.827. The molecule has 0 saturated carbocycles. The van der Waals surface area contributed by atoms with Crippen molar-refractivity contribution in [2.45, 2.75) is 6.54 Å². The number of benzene rings is 1. The van der Waals surface area contributed by atoms with E-state index in [0.717, 1.165) is 23.3 Å². The van der Waals surface area contributed by atoms with Crippen LogP contribution in [0.3, 0.4) is 0 Å². The first-order chi connectivity index (χ1) is 7.76. The lowest BCUT2D eigenvalue weighted by Crippen LogP contribution is -2.03. The van der Waals surface area contributed by atoms with Gasteiger partial charge in [0.1, 0.15) is 5.75 Å². The Bertz CT molecular complexity index is 544. The van der Waals surface area contributed by atoms with Gasteiger partial charge in [0.15, 0.2) is 4.77 Å². The number of ether oxygens (including phenoxy) is 2. The van der Waals surface area contributed by atoms with E-state index in [0.29, 0.717) is 11.4 Å². The van der Waals surface area contributed by atoms with Crippen LogP contribution in [0.1, 0.15) is 0 Å². The standard InChI is InChI=1S/C11H14N2O2S/c1-14-6-5-13-10-7-8(15-2)3-4-9(10)12-11(13)16/h3-4,7H,5-6H2,1-2H3,(H,12,16). The van der Waals surface area contributed by atoms with E-state index in [4.69, 9.17) is 21.7 Å². The monoisotopic (exact) mass is 238 g/mol. The number of methoxy groups -OCH3 is 2. The van der Waals surface area contributed by atoms with E-state index in [1.54, 1.807) is 14.2 Å². The van der Waals surface area contributed by atoms with E-state index in [9.17, 15) is 0 Å². The second-order valence-corrected chi connectivity index (χ2v) is 3.84. The summed E-state index contributed by atoms with van der Waals surface area (Å²) < 4.78 is 13.0. The van der Waals surface area contributed by atoms with Crippen LogP contribution < -0.4 is 4.74 Å². The highest BCUT2D eigenvalue weighted by Crippen LogP contribution is 2.20. The lowest BCUT2D eigenvalue weighted by atomic mass is 10.3. The van der Waals surface area contributed by atoms with Crippen molar-refractivity contribution in [3.05, 3.63) is 23.0 Å². The smallest absolute Gasteiger partial charge is 0.178 e. The highest BCUT2D eigenvalue weighted by Gasteiger charge is 2.05. The number of H-pyrrole nitrogens is 1. The Balaban J connectivity index is 2.52. The quantitative estimate of drug-likeness (QED) is 0.831. The van der Waals surface area contributed by atoms with Crippen LogP contribution in [0.2, 0.25) is 0 Å². The Kier molecular flexibility index (Phi) is 3.26. The van der Waals surface area contributed by atoms with Crippen molar-refractivity contribution in [3.63, 3.8) is 0 Å². The molecule has 0 aliphatic heterocycles. The minimum absolute atomic E-state index is 0.637. The summed E-state index contributed by atoms with van der Waals surface area (Å²) in [7, 11) is 3.33. The van der Waals surface area contributed by atoms with Crippen molar-refractivity contribution in [2.24, 2.45) is 0 Å². The van der Waals surface area contributed by atoms with Crippen LogP contribution in [0.25, 0.3) is 11.0 Å². The zero-order valence-electron chi connectivity index (χ0n) is 9.32. The summed E-state index contributed by atoms with van der Waals surface area (Å²) in [6.07, 6.45) is 0. The van der Waals surface area contributed by atoms with Crippen LogP contribution in [-0.2, 0) is 11.3 Å². The average Bonchev–Trinajstić information content (AvgIpc) is 2.61. The van der Waals surface area contributed by atoms with Crippen molar-refractivity contribution in [2.75, 3.05) is 20.8 Å². The number of aromatic amines is 1. The highest BCUT2D eigenvalue weighted by atomic mass is 32.1. The predicted octanol–water partition coefficient (Wildman–Crippen LogP) is 2.35. The third-order valence-electron chi connectivity index (χ3n) is 2.50. The molecule has 0 atom stereocenters. The zero-order chi connectivity index (χ0) is 11.5. The van der Waals surface area contributed by atoms with E-state index >= 15 is 0 Å². The number of rotatable bonds is 4. The molecule has 0 radical (unpaired) electrons. The molecule has 16 heavy (non-hydrogen) atoms. The molecule has 0 amide bonds. The number of aromatic nitrogens is 2. The number of nitrogens with one attached hydrogen (secondary N) is 1. The maximum Gasteiger partial charge on any atom is 0.178 e. The van der Waals surface area contributed by atoms with E-state index in [1.165, 1.54) is 0 Å². The maximum absolute atomic E-state index is 5.26. The fourth-order valence-electron chi connectivity index (χ4n) is 1.66. The van der Waals surface area contributed by atoms with Crippen LogP contribution in [0.15, 0.2) is 18.2 Å². The molecule has 0 saturated heterocycles. The third kappa shape index (κ3) is 1.96. The molecule has 0 bridgehead atoms. The molecule has 2 aromatic rings. The summed E-state index contributed by atoms with van der Waals surface area (Å²) in [5, 5.41) is 0. The SMILES string of the molecule is COCCn1c(=S)[nH]c2ccc(OC)cc21. The van der Waals surface area contributed by atoms with Crippen LogP contribution in [0.5, 0.6) is 5.75 Å². The number of imidazole rings is 1. The molecule has 1 aromatic carbocycles. The average molecular weight is 238 g/mol. The molecule has 4 nitrogen and oxygen atoms in total. The molecule has 1 N–H and O–H groups in total. The fraction of sp³-hybridized carbons (Fsp3) is 0.364. The topological polar surface area (TPSA) is 39.2 Å². The summed E-state index contributed by atoms with van der Waals surface area (Å²) in [6, 6.07) is 5.85. The summed E-state index contributed by atoms with van der Waals surface area (Å²) in [6.45, 7) is 1.38. The molecule has 5 heteroatoms. The predicted molar refractivity (Wildman–Crippen MR) is 65.6 cm³/mol. The maximum atomic E-state index is 5.26. The second kappa shape index (κ2) is 4.67. The first kappa shape index (κ1) is 11.2. The Morgan fingerprint density at radius 2 is 2.19 bits per heavy atom. The van der Waals surface area contributed by atoms with Crippen molar-refractivity contribution in [3.8, 4) is 5.75 Å². The number of fused-ring (bicyclic) bond motifs is 1. The number of nitrogens with zero attached hydrogens (tertiary/aromatic N) is 1. The van der Waals surface area contributed by atoms with Gasteiger partial charge in [-0.05, 0) is 24.4 Å². The van der Waals surface area contributed by atoms with Gasteiger partial charge in [-0.1, -0.05) is 0 Å². The van der Waals surface area contributed by atoms with Gasteiger partial charge in [0, 0.05) is 19.7 Å². The number of hydrogen-bond acceptors (Lipinski definition) is 3. The second-order valence-electron chi connectivity index (χ2n) is 3.46. The molecule has 0 unspecified atom stereocenters. The molecule has 0 aliphatic rings. The minimum Gasteiger partial charge on any atom is -0.497 e. The zero-order valence-corrected chi connectivity index (χ0v) is 10.1. The van der Waals surface area contributed by atoms with E-state index < -0.39 is 0 Å². The van der Waals surface area contributed by atoms with Gasteiger partial charge in [0.25, 0.3) is 0 Å². The molecular formula is C11H14N2O2S. The normalized spacial score (nSPS) is 10.9. The first-order valence-corrected chi connectivity index (χ1v) is 5.42. The highest BCUT2D eigenvalue weighted by molar-refractivity contribution is 7.71. The van der Waals surface area contributed by atoms with Gasteiger partial charge in [0.2, 0.25) is 0 Å². The molecular weight excluding hydrogens is 224 g/mol. The van der Waals surface area contributed by atoms with Crippen LogP contribution in [0, 0.1) is 4.77 Å². The molecule has 0 aliphatic carbocycles. The van der Waals surface area contributed by atoms with Gasteiger partial charge in [-0.25, -0.2) is 0 Å². The van der Waals surface area contributed by atoms with Crippen molar-refractivity contribution in [1.82, 2.24) is 9.55 Å².